The summed E-state index contributed by atoms with van der Waals surface area (Å²) in [6, 6.07) is 1.29. The van der Waals surface area contributed by atoms with Crippen LogP contribution in [-0.4, -0.2) is 27.9 Å². The van der Waals surface area contributed by atoms with Crippen molar-refractivity contribution in [1.29, 1.82) is 0 Å². The Bertz CT molecular complexity index is 534. The average Bonchev–Trinajstić information content (AvgIpc) is 2.34. The Morgan fingerprint density at radius 3 is 2.94 bits per heavy atom. The first-order valence-corrected chi connectivity index (χ1v) is 5.84. The number of rotatable bonds is 3. The van der Waals surface area contributed by atoms with Crippen LogP contribution in [0.25, 0.3) is 0 Å². The summed E-state index contributed by atoms with van der Waals surface area (Å²) in [7, 11) is 1.41. The van der Waals surface area contributed by atoms with E-state index >= 15 is 0 Å². The van der Waals surface area contributed by atoms with E-state index in [1.807, 2.05) is 0 Å². The summed E-state index contributed by atoms with van der Waals surface area (Å²) in [5, 5.41) is 10.6. The lowest BCUT2D eigenvalue weighted by molar-refractivity contribution is -0.385. The van der Waals surface area contributed by atoms with Crippen molar-refractivity contribution in [3.8, 4) is 17.7 Å². The molecule has 6 nitrogen and oxygen atoms in total. The quantitative estimate of drug-likeness (QED) is 0.470. The average molecular weight is 266 g/mol. The van der Waals surface area contributed by atoms with E-state index < -0.39 is 4.92 Å². The Labute approximate surface area is 108 Å². The van der Waals surface area contributed by atoms with Gasteiger partial charge in [-0.15, -0.1) is 0 Å². The molecular weight excluding hydrogens is 256 g/mol. The monoisotopic (exact) mass is 266 g/mol. The largest absolute Gasteiger partial charge is 0.480 e. The highest BCUT2D eigenvalue weighted by molar-refractivity contribution is 8.13. The van der Waals surface area contributed by atoms with E-state index in [2.05, 4.69) is 16.8 Å². The van der Waals surface area contributed by atoms with Gasteiger partial charge in [0.2, 0.25) is 5.88 Å². The summed E-state index contributed by atoms with van der Waals surface area (Å²) in [4.78, 5) is 24.5. The summed E-state index contributed by atoms with van der Waals surface area (Å²) < 4.78 is 4.95. The predicted octanol–water partition coefficient (Wildman–Crippen LogP) is 1.63. The van der Waals surface area contributed by atoms with E-state index in [4.69, 9.17) is 4.74 Å². The summed E-state index contributed by atoms with van der Waals surface area (Å²) in [5.74, 6) is 5.97. The fourth-order valence-corrected chi connectivity index (χ4v) is 1.41. The third kappa shape index (κ3) is 4.07. The third-order valence-electron chi connectivity index (χ3n) is 1.81. The lowest BCUT2D eigenvalue weighted by atomic mass is 10.2. The van der Waals surface area contributed by atoms with Crippen molar-refractivity contribution < 1.29 is 14.5 Å². The maximum atomic E-state index is 10.7. The van der Waals surface area contributed by atoms with Crippen LogP contribution in [0.3, 0.4) is 0 Å². The van der Waals surface area contributed by atoms with Gasteiger partial charge in [-0.25, -0.2) is 4.98 Å². The molecule has 18 heavy (non-hydrogen) atoms. The van der Waals surface area contributed by atoms with Gasteiger partial charge >= 0.3 is 0 Å². The maximum absolute atomic E-state index is 10.7. The third-order valence-corrected chi connectivity index (χ3v) is 2.51. The van der Waals surface area contributed by atoms with Gasteiger partial charge in [-0.2, -0.15) is 0 Å². The number of thioether (sulfide) groups is 1. The van der Waals surface area contributed by atoms with Crippen LogP contribution in [0.5, 0.6) is 5.88 Å². The van der Waals surface area contributed by atoms with Crippen molar-refractivity contribution in [2.24, 2.45) is 0 Å². The van der Waals surface area contributed by atoms with Crippen molar-refractivity contribution in [3.63, 3.8) is 0 Å². The molecule has 0 atom stereocenters. The van der Waals surface area contributed by atoms with Crippen molar-refractivity contribution in [3.05, 3.63) is 27.9 Å². The van der Waals surface area contributed by atoms with Crippen LogP contribution >= 0.6 is 11.8 Å². The second kappa shape index (κ2) is 6.61. The van der Waals surface area contributed by atoms with Crippen molar-refractivity contribution in [1.82, 2.24) is 4.98 Å². The highest BCUT2D eigenvalue weighted by Crippen LogP contribution is 2.19. The normalized spacial score (nSPS) is 9.22. The summed E-state index contributed by atoms with van der Waals surface area (Å²) in [5.41, 5.74) is 0.176. The van der Waals surface area contributed by atoms with E-state index in [0.29, 0.717) is 11.3 Å². The molecule has 0 fully saturated rings. The van der Waals surface area contributed by atoms with E-state index in [1.54, 1.807) is 0 Å². The molecule has 0 aromatic carbocycles. The minimum atomic E-state index is -0.554. The second-order valence-electron chi connectivity index (χ2n) is 3.09. The van der Waals surface area contributed by atoms with Crippen LogP contribution < -0.4 is 4.74 Å². The van der Waals surface area contributed by atoms with Gasteiger partial charge in [-0.3, -0.25) is 14.9 Å². The smallest absolute Gasteiger partial charge is 0.289 e. The van der Waals surface area contributed by atoms with Crippen molar-refractivity contribution >= 4 is 22.6 Å². The molecule has 1 rings (SSSR count). The number of aromatic nitrogens is 1. The Balaban J connectivity index is 2.94. The first-order chi connectivity index (χ1) is 8.54. The van der Waals surface area contributed by atoms with Crippen LogP contribution in [0.2, 0.25) is 0 Å². The number of carbonyl (C=O) groups is 1. The van der Waals surface area contributed by atoms with Crippen LogP contribution in [0.1, 0.15) is 12.5 Å². The lowest BCUT2D eigenvalue weighted by Gasteiger charge is -2.00. The highest BCUT2D eigenvalue weighted by atomic mass is 32.2. The van der Waals surface area contributed by atoms with Gasteiger partial charge in [-0.05, 0) is 0 Å². The van der Waals surface area contributed by atoms with Crippen molar-refractivity contribution in [2.75, 3.05) is 12.9 Å². The molecule has 0 saturated carbocycles. The minimum absolute atomic E-state index is 0.0339. The maximum Gasteiger partial charge on any atom is 0.289 e. The molecule has 1 aromatic rings. The molecule has 0 aliphatic rings. The Morgan fingerprint density at radius 1 is 1.67 bits per heavy atom. The van der Waals surface area contributed by atoms with Gasteiger partial charge in [0.25, 0.3) is 5.69 Å². The van der Waals surface area contributed by atoms with E-state index in [0.717, 1.165) is 18.0 Å². The molecule has 1 heterocycles. The van der Waals surface area contributed by atoms with Crippen LogP contribution in [0.4, 0.5) is 5.69 Å². The molecular formula is C11H10N2O4S. The van der Waals surface area contributed by atoms with Gasteiger partial charge in [-0.1, -0.05) is 23.6 Å². The zero-order chi connectivity index (χ0) is 13.5. The zero-order valence-electron chi connectivity index (χ0n) is 9.80. The number of hydrogen-bond acceptors (Lipinski definition) is 6. The predicted molar refractivity (Wildman–Crippen MR) is 67.5 cm³/mol. The number of methoxy groups -OCH3 is 1. The second-order valence-corrected chi connectivity index (χ2v) is 4.24. The molecule has 0 amide bonds. The van der Waals surface area contributed by atoms with E-state index in [-0.39, 0.29) is 16.7 Å². The van der Waals surface area contributed by atoms with E-state index in [1.165, 1.54) is 20.1 Å². The fourth-order valence-electron chi connectivity index (χ4n) is 1.06. The summed E-state index contributed by atoms with van der Waals surface area (Å²) >= 11 is 1.07. The molecule has 0 aliphatic carbocycles. The summed E-state index contributed by atoms with van der Waals surface area (Å²) in [6.07, 6.45) is 1.11. The number of hydrogen-bond donors (Lipinski definition) is 0. The molecule has 0 unspecified atom stereocenters. The SMILES string of the molecule is COc1ncc([N+](=O)[O-])cc1C#CCSC(C)=O. The number of nitrogens with zero attached hydrogens (tertiary/aromatic N) is 2. The molecule has 0 saturated heterocycles. The van der Waals surface area contributed by atoms with Gasteiger partial charge in [0.05, 0.1) is 23.3 Å². The Hall–Kier alpha value is -2.07. The Kier molecular flexibility index (Phi) is 5.14. The highest BCUT2D eigenvalue weighted by Gasteiger charge is 2.10. The van der Waals surface area contributed by atoms with Gasteiger partial charge < -0.3 is 4.74 Å². The molecule has 7 heteroatoms. The molecule has 1 aromatic heterocycles. The van der Waals surface area contributed by atoms with Gasteiger partial charge in [0.15, 0.2) is 5.12 Å². The van der Waals surface area contributed by atoms with Crippen LogP contribution in [0.15, 0.2) is 12.3 Å². The lowest BCUT2D eigenvalue weighted by Crippen LogP contribution is -1.95. The first-order valence-electron chi connectivity index (χ1n) is 4.85. The minimum Gasteiger partial charge on any atom is -0.480 e. The number of ether oxygens (including phenoxy) is 1. The Morgan fingerprint density at radius 2 is 2.39 bits per heavy atom. The summed E-state index contributed by atoms with van der Waals surface area (Å²) in [6.45, 7) is 1.45. The molecule has 0 N–H and O–H groups in total. The first kappa shape index (κ1) is 14.0. The van der Waals surface area contributed by atoms with Gasteiger partial charge in [0, 0.05) is 13.0 Å². The van der Waals surface area contributed by atoms with Crippen LogP contribution in [-0.2, 0) is 4.79 Å². The number of pyridine rings is 1. The topological polar surface area (TPSA) is 82.3 Å². The molecule has 94 valence electrons. The molecule has 0 radical (unpaired) electrons. The van der Waals surface area contributed by atoms with Crippen molar-refractivity contribution in [2.45, 2.75) is 6.92 Å². The molecule has 0 spiro atoms. The zero-order valence-corrected chi connectivity index (χ0v) is 10.6. The van der Waals surface area contributed by atoms with E-state index in [9.17, 15) is 14.9 Å². The standard InChI is InChI=1S/C11H10N2O4S/c1-8(14)18-5-3-4-9-6-10(13(15)16)7-12-11(9)17-2/h6-7H,5H2,1-2H3. The number of carbonyl (C=O) groups excluding carboxylic acids is 1. The van der Waals surface area contributed by atoms with Gasteiger partial charge in [0.1, 0.15) is 6.20 Å². The number of nitro groups is 1. The fraction of sp³-hybridized carbons (Fsp3) is 0.273. The molecule has 0 aliphatic heterocycles. The molecule has 0 bridgehead atoms. The van der Waals surface area contributed by atoms with Crippen LogP contribution in [0, 0.1) is 22.0 Å².